The molecular formula is C96H87Ir2N9O18. The summed E-state index contributed by atoms with van der Waals surface area (Å²) in [6, 6.07) is 82.2. The van der Waals surface area contributed by atoms with Gasteiger partial charge in [0, 0.05) is 73.2 Å². The fourth-order valence-electron chi connectivity index (χ4n) is 9.37. The Morgan fingerprint density at radius 2 is 0.472 bits per heavy atom. The van der Waals surface area contributed by atoms with Crippen LogP contribution in [0.2, 0.25) is 0 Å². The molecule has 0 bridgehead atoms. The van der Waals surface area contributed by atoms with Crippen molar-refractivity contribution in [1.82, 2.24) is 45.9 Å². The molecule has 0 saturated heterocycles. The molecule has 0 radical (unpaired) electrons. The standard InChI is InChI=1S/3C18H17N2O4.3C14H12NO2.2Ir/c3*1-13(2)17(21)23-11-10-20-18(22)24-15-7-5-6-14(12-15)16-8-3-4-9-19-16;3*1-2-14(16)17-12-7-5-6-11(10-12)13-8-3-4-9-15-13;;/h3*3-5,7-9,12H,1,10-11H2,2H3,(H,20,22);3*3-5,7-10H,2H2,1H3;;/q6*-1;2*+3. The molecule has 3 amide bonds. The van der Waals surface area contributed by atoms with Crippen LogP contribution < -0.4 is 44.4 Å². The Balaban J connectivity index is 0.000000267. The van der Waals surface area contributed by atoms with Gasteiger partial charge in [-0.25, -0.2) is 28.8 Å². The molecule has 0 aliphatic heterocycles. The predicted octanol–water partition coefficient (Wildman–Crippen LogP) is 16.9. The van der Waals surface area contributed by atoms with E-state index in [1.54, 1.807) is 188 Å². The molecule has 0 unspecified atom stereocenters. The maximum absolute atomic E-state index is 11.7. The third-order valence-corrected chi connectivity index (χ3v) is 15.3. The van der Waals surface area contributed by atoms with E-state index in [4.69, 9.17) is 42.6 Å². The van der Waals surface area contributed by atoms with Gasteiger partial charge in [-0.05, 0) is 91.3 Å². The third kappa shape index (κ3) is 38.8. The quantitative estimate of drug-likeness (QED) is 0.0107. The number of rotatable bonds is 27. The van der Waals surface area contributed by atoms with Gasteiger partial charge >= 0.3 is 94.3 Å². The van der Waals surface area contributed by atoms with Crippen molar-refractivity contribution in [3.63, 3.8) is 0 Å². The summed E-state index contributed by atoms with van der Waals surface area (Å²) in [5.41, 5.74) is 10.1. The van der Waals surface area contributed by atoms with Gasteiger partial charge in [-0.15, -0.1) is 179 Å². The van der Waals surface area contributed by atoms with Crippen LogP contribution in [0, 0.1) is 36.4 Å². The minimum absolute atomic E-state index is 0. The van der Waals surface area contributed by atoms with Crippen LogP contribution in [0.15, 0.2) is 292 Å². The van der Waals surface area contributed by atoms with E-state index in [0.717, 1.165) is 67.5 Å². The van der Waals surface area contributed by atoms with Crippen LogP contribution in [0.1, 0.15) is 60.8 Å². The minimum atomic E-state index is -0.639. The van der Waals surface area contributed by atoms with Crippen molar-refractivity contribution in [2.24, 2.45) is 0 Å². The van der Waals surface area contributed by atoms with Crippen molar-refractivity contribution < 1.29 is 126 Å². The minimum Gasteiger partial charge on any atom is -0.460 e. The molecule has 0 aliphatic carbocycles. The zero-order valence-corrected chi connectivity index (χ0v) is 73.7. The van der Waals surface area contributed by atoms with Gasteiger partial charge in [0.15, 0.2) is 0 Å². The van der Waals surface area contributed by atoms with Gasteiger partial charge < -0.3 is 88.5 Å². The van der Waals surface area contributed by atoms with Crippen molar-refractivity contribution in [3.05, 3.63) is 328 Å². The van der Waals surface area contributed by atoms with Crippen molar-refractivity contribution in [3.8, 4) is 102 Å². The molecule has 125 heavy (non-hydrogen) atoms. The van der Waals surface area contributed by atoms with E-state index in [1.165, 1.54) is 0 Å². The van der Waals surface area contributed by atoms with Crippen LogP contribution in [0.3, 0.4) is 0 Å². The van der Waals surface area contributed by atoms with Crippen LogP contribution in [0.4, 0.5) is 14.4 Å². The number of hydrogen-bond acceptors (Lipinski definition) is 24. The number of benzene rings is 6. The summed E-state index contributed by atoms with van der Waals surface area (Å²) in [6.07, 6.45) is 9.34. The van der Waals surface area contributed by atoms with Crippen molar-refractivity contribution in [2.75, 3.05) is 39.5 Å². The van der Waals surface area contributed by atoms with E-state index in [1.807, 2.05) is 109 Å². The van der Waals surface area contributed by atoms with Crippen LogP contribution in [0.5, 0.6) is 34.5 Å². The summed E-state index contributed by atoms with van der Waals surface area (Å²) in [5.74, 6) is 0.442. The first-order chi connectivity index (χ1) is 59.6. The monoisotopic (exact) mass is 2040 g/mol. The Morgan fingerprint density at radius 3 is 0.632 bits per heavy atom. The van der Waals surface area contributed by atoms with Gasteiger partial charge in [0.05, 0.1) is 54.1 Å². The molecule has 3 N–H and O–H groups in total. The third-order valence-electron chi connectivity index (χ3n) is 15.3. The van der Waals surface area contributed by atoms with Crippen LogP contribution >= 0.6 is 0 Å². The first-order valence-corrected chi connectivity index (χ1v) is 38.1. The molecule has 6 aromatic carbocycles. The number of pyridine rings is 6. The van der Waals surface area contributed by atoms with Crippen molar-refractivity contribution in [2.45, 2.75) is 60.8 Å². The number of carbonyl (C=O) groups is 9. The fourth-order valence-corrected chi connectivity index (χ4v) is 9.37. The SMILES string of the molecule is C=C(C)C(=O)OCCNC(=O)Oc1cc[c-]c(-c2ccccn2)c1.C=C(C)C(=O)OCCNC(=O)Oc1cc[c-]c(-c2ccccn2)c1.C=C(C)C(=O)OCCNC(=O)Oc1cc[c-]c(-c2ccccn2)c1.CCC(=O)Oc1cc[c-]c(-c2ccccn2)c1.CCC(=O)Oc1cc[c-]c(-c2ccccn2)c1.CCC(=O)Oc1cc[c-]c(-c2ccccn2)c1.[Ir+3].[Ir+3]. The Labute approximate surface area is 751 Å². The van der Waals surface area contributed by atoms with E-state index >= 15 is 0 Å². The Morgan fingerprint density at radius 1 is 0.288 bits per heavy atom. The number of carbonyl (C=O) groups excluding carboxylic acids is 9. The second-order valence-electron chi connectivity index (χ2n) is 25.1. The van der Waals surface area contributed by atoms with E-state index in [9.17, 15) is 43.2 Å². The summed E-state index contributed by atoms with van der Waals surface area (Å²) >= 11 is 0. The van der Waals surface area contributed by atoms with Crippen LogP contribution in [-0.4, -0.2) is 123 Å². The first kappa shape index (κ1) is 101. The van der Waals surface area contributed by atoms with Crippen molar-refractivity contribution >= 4 is 54.1 Å². The number of ether oxygens (including phenoxy) is 9. The van der Waals surface area contributed by atoms with Gasteiger partial charge in [0.2, 0.25) is 0 Å². The fraction of sp³-hybridized carbons (Fsp3) is 0.156. The Bertz CT molecular complexity index is 4920. The molecule has 27 nitrogen and oxygen atoms in total. The molecule has 0 fully saturated rings. The summed E-state index contributed by atoms with van der Waals surface area (Å²) in [6.45, 7) is 20.9. The molecule has 6 aromatic heterocycles. The number of aromatic nitrogens is 6. The predicted molar refractivity (Wildman–Crippen MR) is 458 cm³/mol. The molecule has 29 heteroatoms. The van der Waals surface area contributed by atoms with E-state index in [-0.39, 0.29) is 97.6 Å². The zero-order valence-electron chi connectivity index (χ0n) is 68.9. The first-order valence-electron chi connectivity index (χ1n) is 38.1. The van der Waals surface area contributed by atoms with Gasteiger partial charge in [0.1, 0.15) is 19.8 Å². The smallest absolute Gasteiger partial charge is 0.460 e. The van der Waals surface area contributed by atoms with Gasteiger partial charge in [0.25, 0.3) is 0 Å². The molecule has 0 aliphatic rings. The molecule has 642 valence electrons. The second-order valence-corrected chi connectivity index (χ2v) is 25.1. The normalized spacial score (nSPS) is 9.74. The zero-order chi connectivity index (χ0) is 88.4. The Hall–Kier alpha value is -14.6. The molecule has 12 rings (SSSR count). The van der Waals surface area contributed by atoms with Gasteiger partial charge in [-0.1, -0.05) is 113 Å². The van der Waals surface area contributed by atoms with E-state index in [2.05, 4.69) is 102 Å². The van der Waals surface area contributed by atoms with Crippen LogP contribution in [-0.2, 0) is 83.2 Å². The molecular weight excluding hydrogens is 1950 g/mol. The summed E-state index contributed by atoms with van der Waals surface area (Å²) in [5, 5.41) is 7.47. The Kier molecular flexibility index (Phi) is 45.9. The van der Waals surface area contributed by atoms with E-state index in [0.29, 0.717) is 70.5 Å². The summed E-state index contributed by atoms with van der Waals surface area (Å²) < 4.78 is 45.5. The molecule has 6 heterocycles. The average molecular weight is 2040 g/mol. The van der Waals surface area contributed by atoms with Gasteiger partial charge in [-0.2, -0.15) is 0 Å². The maximum atomic E-state index is 11.7. The molecule has 12 aromatic rings. The number of hydrogen-bond donors (Lipinski definition) is 3. The number of nitrogens with zero attached hydrogens (tertiary/aromatic N) is 6. The number of esters is 6. The van der Waals surface area contributed by atoms with Gasteiger partial charge in [-0.3, -0.25) is 14.4 Å². The van der Waals surface area contributed by atoms with Crippen molar-refractivity contribution in [1.29, 1.82) is 0 Å². The maximum Gasteiger partial charge on any atom is 3.00 e. The van der Waals surface area contributed by atoms with Crippen LogP contribution in [0.25, 0.3) is 67.5 Å². The summed E-state index contributed by atoms with van der Waals surface area (Å²) in [4.78, 5) is 128. The second kappa shape index (κ2) is 56.8. The largest absolute Gasteiger partial charge is 3.00 e. The average Bonchev–Trinajstić information content (AvgIpc) is 0.872. The molecule has 0 atom stereocenters. The topological polar surface area (TPSA) is 350 Å². The number of amides is 3. The summed E-state index contributed by atoms with van der Waals surface area (Å²) in [7, 11) is 0. The molecule has 0 saturated carbocycles. The molecule has 0 spiro atoms. The van der Waals surface area contributed by atoms with E-state index < -0.39 is 36.2 Å². The number of nitrogens with one attached hydrogen (secondary N) is 3.